The number of rotatable bonds is 6. The molecular weight excluding hydrogens is 212 g/mol. The van der Waals surface area contributed by atoms with Crippen LogP contribution in [0.4, 0.5) is 0 Å². The first-order valence-corrected chi connectivity index (χ1v) is 4.01. The number of carboxylic acids is 1. The highest BCUT2D eigenvalue weighted by molar-refractivity contribution is 5.73. The van der Waals surface area contributed by atoms with E-state index in [1.807, 2.05) is 0 Å². The van der Waals surface area contributed by atoms with Crippen LogP contribution in [0.1, 0.15) is 6.92 Å². The van der Waals surface area contributed by atoms with E-state index in [1.165, 1.54) is 0 Å². The summed E-state index contributed by atoms with van der Waals surface area (Å²) >= 11 is 0. The van der Waals surface area contributed by atoms with Gasteiger partial charge < -0.3 is 25.5 Å². The molecule has 0 saturated heterocycles. The minimum atomic E-state index is -2.34. The third-order valence-electron chi connectivity index (χ3n) is 2.11. The maximum absolute atomic E-state index is 10.4. The van der Waals surface area contributed by atoms with Gasteiger partial charge in [0.2, 0.25) is 0 Å². The molecule has 8 nitrogen and oxygen atoms in total. The zero-order chi connectivity index (χ0) is 12.2. The van der Waals surface area contributed by atoms with Crippen molar-refractivity contribution in [3.05, 3.63) is 0 Å². The van der Waals surface area contributed by atoms with Gasteiger partial charge in [0.1, 0.15) is 12.2 Å². The Bertz CT molecular complexity index is 219. The molecule has 0 aromatic heterocycles. The third-order valence-corrected chi connectivity index (χ3v) is 2.11. The summed E-state index contributed by atoms with van der Waals surface area (Å²) in [5.74, 6) is -1.75. The van der Waals surface area contributed by atoms with Crippen molar-refractivity contribution in [1.82, 2.24) is 0 Å². The molecule has 0 radical (unpaired) electrons. The zero-order valence-corrected chi connectivity index (χ0v) is 7.94. The third kappa shape index (κ3) is 2.84. The Balaban J connectivity index is 4.90. The Labute approximate surface area is 84.9 Å². The lowest BCUT2D eigenvalue weighted by Gasteiger charge is -2.34. The quantitative estimate of drug-likeness (QED) is 0.213. The standard InChI is InChI=1S/C7H14O8/c1-7(15-14,5(11)6(12)13)4(10)3(9)2-8/h3-5,8-11,14H,2H2,1H3,(H,12,13). The molecule has 4 atom stereocenters. The summed E-state index contributed by atoms with van der Waals surface area (Å²) in [6.45, 7) is -0.0121. The molecule has 0 aromatic carbocycles. The minimum Gasteiger partial charge on any atom is -0.479 e. The smallest absolute Gasteiger partial charge is 0.335 e. The number of aliphatic hydroxyl groups is 4. The van der Waals surface area contributed by atoms with Gasteiger partial charge in [-0.2, -0.15) is 0 Å². The minimum absolute atomic E-state index is 0.870. The van der Waals surface area contributed by atoms with Gasteiger partial charge in [-0.3, -0.25) is 5.26 Å². The Morgan fingerprint density at radius 3 is 2.13 bits per heavy atom. The fourth-order valence-corrected chi connectivity index (χ4v) is 0.993. The number of carboxylic acid groups (broad SMARTS) is 1. The molecule has 0 bridgehead atoms. The average Bonchev–Trinajstić information content (AvgIpc) is 2.24. The van der Waals surface area contributed by atoms with Crippen molar-refractivity contribution in [2.75, 3.05) is 6.61 Å². The number of aliphatic hydroxyl groups excluding tert-OH is 4. The molecular formula is C7H14O8. The van der Waals surface area contributed by atoms with Crippen LogP contribution in [0, 0.1) is 0 Å². The monoisotopic (exact) mass is 226 g/mol. The van der Waals surface area contributed by atoms with Crippen molar-refractivity contribution in [3.63, 3.8) is 0 Å². The van der Waals surface area contributed by atoms with Gasteiger partial charge in [-0.05, 0) is 6.92 Å². The van der Waals surface area contributed by atoms with Crippen molar-refractivity contribution >= 4 is 5.97 Å². The van der Waals surface area contributed by atoms with Gasteiger partial charge in [0, 0.05) is 0 Å². The molecule has 0 saturated carbocycles. The van der Waals surface area contributed by atoms with E-state index in [4.69, 9.17) is 25.7 Å². The largest absolute Gasteiger partial charge is 0.479 e. The van der Waals surface area contributed by atoms with Crippen LogP contribution in [0.15, 0.2) is 0 Å². The van der Waals surface area contributed by atoms with E-state index in [1.54, 1.807) is 0 Å². The number of aliphatic carboxylic acids is 1. The van der Waals surface area contributed by atoms with Gasteiger partial charge in [0.05, 0.1) is 6.61 Å². The normalized spacial score (nSPS) is 21.5. The zero-order valence-electron chi connectivity index (χ0n) is 7.94. The van der Waals surface area contributed by atoms with Crippen LogP contribution in [0.25, 0.3) is 0 Å². The highest BCUT2D eigenvalue weighted by Crippen LogP contribution is 2.22. The number of hydrogen-bond acceptors (Lipinski definition) is 7. The first-order chi connectivity index (χ1) is 6.81. The highest BCUT2D eigenvalue weighted by atomic mass is 17.1. The van der Waals surface area contributed by atoms with Crippen LogP contribution in [0.2, 0.25) is 0 Å². The molecule has 0 heterocycles. The molecule has 0 fully saturated rings. The molecule has 6 N–H and O–H groups in total. The van der Waals surface area contributed by atoms with Gasteiger partial charge in [-0.25, -0.2) is 9.68 Å². The second-order valence-corrected chi connectivity index (χ2v) is 3.21. The van der Waals surface area contributed by atoms with E-state index in [0.29, 0.717) is 0 Å². The molecule has 8 heteroatoms. The lowest BCUT2D eigenvalue weighted by Crippen LogP contribution is -2.59. The molecule has 0 rings (SSSR count). The molecule has 4 unspecified atom stereocenters. The van der Waals surface area contributed by atoms with Crippen molar-refractivity contribution in [2.45, 2.75) is 30.8 Å². The van der Waals surface area contributed by atoms with Crippen LogP contribution in [-0.4, -0.2) is 67.3 Å². The lowest BCUT2D eigenvalue weighted by atomic mass is 9.89. The Morgan fingerprint density at radius 1 is 1.40 bits per heavy atom. The van der Waals surface area contributed by atoms with Gasteiger partial charge in [0.25, 0.3) is 0 Å². The van der Waals surface area contributed by atoms with E-state index in [9.17, 15) is 9.90 Å². The lowest BCUT2D eigenvalue weighted by molar-refractivity contribution is -0.364. The number of carbonyl (C=O) groups is 1. The SMILES string of the molecule is CC(OO)(C(O)C(=O)O)C(O)C(O)CO. The fourth-order valence-electron chi connectivity index (χ4n) is 0.993. The average molecular weight is 226 g/mol. The molecule has 0 amide bonds. The van der Waals surface area contributed by atoms with Crippen molar-refractivity contribution in [1.29, 1.82) is 0 Å². The van der Waals surface area contributed by atoms with Crippen LogP contribution in [0.5, 0.6) is 0 Å². The summed E-state index contributed by atoms with van der Waals surface area (Å²) in [6.07, 6.45) is -5.99. The molecule has 15 heavy (non-hydrogen) atoms. The van der Waals surface area contributed by atoms with E-state index in [0.717, 1.165) is 6.92 Å². The Morgan fingerprint density at radius 2 is 1.87 bits per heavy atom. The van der Waals surface area contributed by atoms with Gasteiger partial charge in [0.15, 0.2) is 11.7 Å². The van der Waals surface area contributed by atoms with E-state index < -0.39 is 36.5 Å². The molecule has 90 valence electrons. The summed E-state index contributed by atoms with van der Waals surface area (Å²) < 4.78 is 0. The Hall–Kier alpha value is -0.770. The molecule has 0 aliphatic heterocycles. The number of hydrogen-bond donors (Lipinski definition) is 6. The second-order valence-electron chi connectivity index (χ2n) is 3.21. The second kappa shape index (κ2) is 5.35. The summed E-state index contributed by atoms with van der Waals surface area (Å²) in [4.78, 5) is 14.1. The summed E-state index contributed by atoms with van der Waals surface area (Å²) in [5, 5.41) is 52.9. The summed E-state index contributed by atoms with van der Waals surface area (Å²) in [7, 11) is 0. The first kappa shape index (κ1) is 14.2. The van der Waals surface area contributed by atoms with E-state index in [2.05, 4.69) is 4.89 Å². The maximum atomic E-state index is 10.4. The first-order valence-electron chi connectivity index (χ1n) is 4.01. The Kier molecular flexibility index (Phi) is 5.08. The molecule has 0 aromatic rings. The van der Waals surface area contributed by atoms with E-state index in [-0.39, 0.29) is 0 Å². The predicted molar refractivity (Wildman–Crippen MR) is 44.9 cm³/mol. The van der Waals surface area contributed by atoms with Crippen molar-refractivity contribution in [2.24, 2.45) is 0 Å². The van der Waals surface area contributed by atoms with Crippen molar-refractivity contribution < 1.29 is 40.5 Å². The van der Waals surface area contributed by atoms with Gasteiger partial charge in [-0.1, -0.05) is 0 Å². The van der Waals surface area contributed by atoms with Crippen LogP contribution in [0.3, 0.4) is 0 Å². The topological polar surface area (TPSA) is 148 Å². The van der Waals surface area contributed by atoms with Crippen LogP contribution in [-0.2, 0) is 9.68 Å². The summed E-state index contributed by atoms with van der Waals surface area (Å²) in [6, 6.07) is 0. The maximum Gasteiger partial charge on any atom is 0.335 e. The van der Waals surface area contributed by atoms with Gasteiger partial charge >= 0.3 is 5.97 Å². The van der Waals surface area contributed by atoms with Crippen LogP contribution < -0.4 is 0 Å². The molecule has 0 spiro atoms. The van der Waals surface area contributed by atoms with E-state index >= 15 is 0 Å². The fraction of sp³-hybridized carbons (Fsp3) is 0.857. The highest BCUT2D eigenvalue weighted by Gasteiger charge is 2.49. The van der Waals surface area contributed by atoms with Gasteiger partial charge in [-0.15, -0.1) is 0 Å². The van der Waals surface area contributed by atoms with Crippen molar-refractivity contribution in [3.8, 4) is 0 Å². The summed E-state index contributed by atoms with van der Waals surface area (Å²) in [5.41, 5.74) is -2.34. The molecule has 0 aliphatic carbocycles. The van der Waals surface area contributed by atoms with Crippen LogP contribution >= 0.6 is 0 Å². The predicted octanol–water partition coefficient (Wildman–Crippen LogP) is -2.61. The molecule has 0 aliphatic rings.